The van der Waals surface area contributed by atoms with Crippen molar-refractivity contribution in [3.8, 4) is 0 Å². The van der Waals surface area contributed by atoms with Gasteiger partial charge in [0, 0.05) is 25.2 Å². The van der Waals surface area contributed by atoms with Gasteiger partial charge in [-0.2, -0.15) is 0 Å². The van der Waals surface area contributed by atoms with Gasteiger partial charge in [0.25, 0.3) is 0 Å². The summed E-state index contributed by atoms with van der Waals surface area (Å²) in [4.78, 5) is 70.7. The van der Waals surface area contributed by atoms with Crippen LogP contribution in [0.1, 0.15) is 149 Å². The van der Waals surface area contributed by atoms with E-state index in [9.17, 15) is 68.8 Å². The molecule has 2 fully saturated rings. The molecule has 0 spiro atoms. The molecule has 72 heavy (non-hydrogen) atoms. The van der Waals surface area contributed by atoms with Crippen molar-refractivity contribution in [1.82, 2.24) is 0 Å². The molecule has 0 amide bonds. The summed E-state index contributed by atoms with van der Waals surface area (Å²) in [5.41, 5.74) is 0. The Bertz CT molecular complexity index is 1830. The van der Waals surface area contributed by atoms with Gasteiger partial charge in [-0.05, 0) is 70.6 Å². The summed E-state index contributed by atoms with van der Waals surface area (Å²) in [5.74, 6) is -5.67. The number of hydrogen-bond donors (Lipinski definition) is 9. The number of phosphoric ester groups is 2. The van der Waals surface area contributed by atoms with Crippen molar-refractivity contribution >= 4 is 33.4 Å². The van der Waals surface area contributed by atoms with Crippen LogP contribution in [0.2, 0.25) is 0 Å². The summed E-state index contributed by atoms with van der Waals surface area (Å²) < 4.78 is 52.1. The molecular formula is C51H84O19P2. The molecule has 1 aliphatic carbocycles. The summed E-state index contributed by atoms with van der Waals surface area (Å²) in [6.07, 6.45) is 14.1. The predicted molar refractivity (Wildman–Crippen MR) is 270 cm³/mol. The number of ether oxygens (including phenoxy) is 2. The number of carbonyl (C=O) groups excluding carboxylic acids is 3. The van der Waals surface area contributed by atoms with Crippen molar-refractivity contribution in [2.45, 2.75) is 204 Å². The van der Waals surface area contributed by atoms with Gasteiger partial charge in [0.05, 0.1) is 36.9 Å². The lowest BCUT2D eigenvalue weighted by atomic mass is 9.82. The maximum atomic E-state index is 13.9. The maximum absolute atomic E-state index is 13.9. The van der Waals surface area contributed by atoms with E-state index in [0.717, 1.165) is 69.9 Å². The predicted octanol–water partition coefficient (Wildman–Crippen LogP) is 6.98. The van der Waals surface area contributed by atoms with Crippen LogP contribution in [0, 0.1) is 11.8 Å². The molecular weight excluding hydrogens is 978 g/mol. The third kappa shape index (κ3) is 28.1. The van der Waals surface area contributed by atoms with E-state index in [1.165, 1.54) is 0 Å². The van der Waals surface area contributed by atoms with Crippen LogP contribution >= 0.6 is 15.6 Å². The van der Waals surface area contributed by atoms with Gasteiger partial charge in [-0.1, -0.05) is 132 Å². The fraction of sp³-hybridized carbons (Fsp3) is 0.706. The van der Waals surface area contributed by atoms with Crippen LogP contribution in [-0.2, 0) is 46.6 Å². The van der Waals surface area contributed by atoms with Crippen LogP contribution in [-0.4, -0.2) is 131 Å². The Balaban J connectivity index is 2.22. The Labute approximate surface area is 425 Å². The molecule has 1 unspecified atom stereocenters. The molecule has 0 aromatic rings. The topological polar surface area (TPSA) is 314 Å². The highest BCUT2D eigenvalue weighted by Gasteiger charge is 2.51. The van der Waals surface area contributed by atoms with Crippen molar-refractivity contribution in [3.05, 3.63) is 72.9 Å². The van der Waals surface area contributed by atoms with Gasteiger partial charge in [-0.15, -0.1) is 0 Å². The van der Waals surface area contributed by atoms with E-state index < -0.39 is 120 Å². The number of rotatable bonds is 25. The minimum absolute atomic E-state index is 0.0141. The van der Waals surface area contributed by atoms with Crippen molar-refractivity contribution < 1.29 is 91.9 Å². The number of carbonyl (C=O) groups is 3. The third-order valence-corrected chi connectivity index (χ3v) is 13.7. The number of esters is 2. The minimum atomic E-state index is -5.79. The highest BCUT2D eigenvalue weighted by Crippen LogP contribution is 2.49. The fourth-order valence-corrected chi connectivity index (χ4v) is 9.68. The lowest BCUT2D eigenvalue weighted by Crippen LogP contribution is -2.56. The van der Waals surface area contributed by atoms with Crippen molar-refractivity contribution in [3.63, 3.8) is 0 Å². The van der Waals surface area contributed by atoms with E-state index in [4.69, 9.17) is 23.0 Å². The van der Waals surface area contributed by atoms with Crippen molar-refractivity contribution in [2.75, 3.05) is 13.2 Å². The first-order valence-electron chi connectivity index (χ1n) is 25.6. The van der Waals surface area contributed by atoms with Crippen molar-refractivity contribution in [1.29, 1.82) is 0 Å². The normalized spacial score (nSPS) is 29.9. The molecule has 0 aromatic carbocycles. The van der Waals surface area contributed by atoms with Gasteiger partial charge in [0.1, 0.15) is 36.8 Å². The number of fused-ring (bicyclic) bond motifs is 4. The monoisotopic (exact) mass is 1060 g/mol. The molecule has 2 rings (SSSR count). The zero-order valence-electron chi connectivity index (χ0n) is 42.0. The van der Waals surface area contributed by atoms with E-state index in [-0.39, 0.29) is 32.1 Å². The Morgan fingerprint density at radius 1 is 0.792 bits per heavy atom. The van der Waals surface area contributed by atoms with Gasteiger partial charge < -0.3 is 54.8 Å². The molecule has 412 valence electrons. The first kappa shape index (κ1) is 65.1. The Morgan fingerprint density at radius 3 is 2.04 bits per heavy atom. The van der Waals surface area contributed by atoms with E-state index >= 15 is 0 Å². The smallest absolute Gasteiger partial charge is 0.462 e. The molecule has 0 aromatic heterocycles. The zero-order valence-corrected chi connectivity index (χ0v) is 43.8. The second-order valence-electron chi connectivity index (χ2n) is 18.3. The van der Waals surface area contributed by atoms with Crippen LogP contribution in [0.3, 0.4) is 0 Å². The number of phosphoric acid groups is 2. The zero-order chi connectivity index (χ0) is 53.4. The largest absolute Gasteiger partial charge is 0.472 e. The van der Waals surface area contributed by atoms with Crippen LogP contribution in [0.5, 0.6) is 0 Å². The van der Waals surface area contributed by atoms with Gasteiger partial charge in [-0.25, -0.2) is 9.13 Å². The number of cyclic esters (lactones) is 1. The van der Waals surface area contributed by atoms with E-state index in [2.05, 4.69) is 67.7 Å². The van der Waals surface area contributed by atoms with Gasteiger partial charge in [0.15, 0.2) is 6.10 Å². The second-order valence-corrected chi connectivity index (χ2v) is 20.9. The summed E-state index contributed by atoms with van der Waals surface area (Å²) in [7, 11) is -11.5. The van der Waals surface area contributed by atoms with E-state index in [1.54, 1.807) is 0 Å². The van der Waals surface area contributed by atoms with E-state index in [0.29, 0.717) is 38.5 Å². The molecule has 1 saturated carbocycles. The number of allylic oxidation sites excluding steroid dienone is 10. The summed E-state index contributed by atoms with van der Waals surface area (Å²) in [5, 5.41) is 68.1. The molecule has 0 radical (unpaired) electrons. The molecule has 12 atom stereocenters. The van der Waals surface area contributed by atoms with Crippen LogP contribution < -0.4 is 0 Å². The minimum Gasteiger partial charge on any atom is -0.462 e. The molecule has 9 N–H and O–H groups in total. The molecule has 1 heterocycles. The van der Waals surface area contributed by atoms with Gasteiger partial charge in [-0.3, -0.25) is 28.0 Å². The van der Waals surface area contributed by atoms with Crippen molar-refractivity contribution in [2.24, 2.45) is 11.8 Å². The SMILES string of the molecule is CC/C=C\C/C=C\C/C=C\C/C=C\C/C=C\CCCCCC(=O)OC[C@@H]1COP(=O)(O)O[C@H]2[C@H](O)[C@@H](O)[C@H](O)[C@@H](CCCCCCC(=O)O1)[C@@H](O)CC(=O)[C@H](/C=C/[C@@H](O)CCCCC)[C@@H](O)[C@H]2OP(=O)(O)O. The average Bonchev–Trinajstić information content (AvgIpc) is 3.32. The lowest BCUT2D eigenvalue weighted by Gasteiger charge is -2.38. The lowest BCUT2D eigenvalue weighted by molar-refractivity contribution is -0.165. The third-order valence-electron chi connectivity index (χ3n) is 12.2. The number of hydrogen-bond acceptors (Lipinski definition) is 16. The van der Waals surface area contributed by atoms with Crippen LogP contribution in [0.25, 0.3) is 0 Å². The highest BCUT2D eigenvalue weighted by molar-refractivity contribution is 7.47. The molecule has 2 bridgehead atoms. The number of aliphatic hydroxyl groups excluding tert-OH is 6. The number of unbranched alkanes of at least 4 members (excludes halogenated alkanes) is 5. The average molecular weight is 1060 g/mol. The quantitative estimate of drug-likeness (QED) is 0.0193. The first-order chi connectivity index (χ1) is 34.3. The molecule has 1 aliphatic heterocycles. The highest BCUT2D eigenvalue weighted by atomic mass is 31.2. The Kier molecular flexibility index (Phi) is 33.4. The maximum Gasteiger partial charge on any atom is 0.472 e. The number of Topliss-reactive ketones (excluding diaryl/α,β-unsaturated/α-hetero) is 1. The summed E-state index contributed by atoms with van der Waals surface area (Å²) in [6.45, 7) is 2.43. The number of aliphatic hydroxyl groups is 6. The summed E-state index contributed by atoms with van der Waals surface area (Å²) in [6, 6.07) is 0. The molecule has 1 saturated heterocycles. The molecule has 21 heteroatoms. The first-order valence-corrected chi connectivity index (χ1v) is 28.6. The van der Waals surface area contributed by atoms with Gasteiger partial charge in [0.2, 0.25) is 0 Å². The molecule has 19 nitrogen and oxygen atoms in total. The standard InChI is InChI=1S/C51H84O19P2/c1-3-5-7-8-9-10-11-12-13-14-15-16-17-18-19-20-21-22-27-31-44(55)66-36-39-37-67-72(64,65)70-51-49(60)48(59)46(57)40(30-26-23-24-28-32-45(56)68-39)42(53)35-43(54)41(34-33-38(52)29-25-6-4-2)47(58)50(51)69-71(61,62)63/h5,7,9-10,12-13,15-16,18-19,33-34,38-42,46-53,57-60H,3-4,6,8,11,14,17,20-32,35-37H2,1-2H3,(H,64,65)(H2,61,62,63)/b7-5-,10-9-,13-12-,16-15-,19-18-,34-33+/t38-,39+,40-,41-,42-,46+,47+,48-,49+,50+,51-/m0/s1. The van der Waals surface area contributed by atoms with Gasteiger partial charge >= 0.3 is 27.6 Å². The number of ketones is 1. The Morgan fingerprint density at radius 2 is 1.42 bits per heavy atom. The second kappa shape index (κ2) is 36.9. The Hall–Kier alpha value is -2.97. The molecule has 2 aliphatic rings. The van der Waals surface area contributed by atoms with Crippen LogP contribution in [0.4, 0.5) is 0 Å². The van der Waals surface area contributed by atoms with Crippen LogP contribution in [0.15, 0.2) is 72.9 Å². The fourth-order valence-electron chi connectivity index (χ4n) is 8.15. The van der Waals surface area contributed by atoms with E-state index in [1.807, 2.05) is 6.92 Å². The summed E-state index contributed by atoms with van der Waals surface area (Å²) >= 11 is 0.